The number of nitrogens with zero attached hydrogens (tertiary/aromatic N) is 2. The molecule has 0 aliphatic carbocycles. The summed E-state index contributed by atoms with van der Waals surface area (Å²) >= 11 is 1.43. The quantitative estimate of drug-likeness (QED) is 0.677. The molecule has 1 N–H and O–H groups in total. The third-order valence-electron chi connectivity index (χ3n) is 2.62. The van der Waals surface area contributed by atoms with Crippen LogP contribution in [0.4, 0.5) is 0 Å². The molecule has 106 valence electrons. The van der Waals surface area contributed by atoms with Gasteiger partial charge in [0.2, 0.25) is 5.88 Å². The molecular weight excluding hydrogens is 276 g/mol. The van der Waals surface area contributed by atoms with Gasteiger partial charge in [0.05, 0.1) is 18.9 Å². The summed E-state index contributed by atoms with van der Waals surface area (Å²) in [5, 5.41) is 9.98. The maximum Gasteiger partial charge on any atom is 0.262 e. The molecule has 5 nitrogen and oxygen atoms in total. The van der Waals surface area contributed by atoms with Crippen LogP contribution in [-0.2, 0) is 0 Å². The van der Waals surface area contributed by atoms with Crippen LogP contribution in [0.25, 0.3) is 5.69 Å². The van der Waals surface area contributed by atoms with Crippen molar-refractivity contribution in [3.63, 3.8) is 0 Å². The lowest BCUT2D eigenvalue weighted by Gasteiger charge is -2.12. The second-order valence-corrected chi connectivity index (χ2v) is 5.18. The van der Waals surface area contributed by atoms with E-state index in [0.717, 1.165) is 18.2 Å². The molecule has 6 heteroatoms. The first-order chi connectivity index (χ1) is 9.65. The zero-order chi connectivity index (χ0) is 14.5. The van der Waals surface area contributed by atoms with Crippen molar-refractivity contribution in [3.05, 3.63) is 40.7 Å². The molecule has 0 amide bonds. The van der Waals surface area contributed by atoms with Crippen LogP contribution in [0.1, 0.15) is 13.3 Å². The van der Waals surface area contributed by atoms with E-state index < -0.39 is 0 Å². The molecule has 1 heterocycles. The van der Waals surface area contributed by atoms with Gasteiger partial charge in [-0.1, -0.05) is 24.8 Å². The van der Waals surface area contributed by atoms with E-state index in [9.17, 15) is 9.90 Å². The van der Waals surface area contributed by atoms with Crippen molar-refractivity contribution in [2.24, 2.45) is 0 Å². The third-order valence-corrected chi connectivity index (χ3v) is 3.77. The summed E-state index contributed by atoms with van der Waals surface area (Å²) in [6, 6.07) is 8.28. The Labute approximate surface area is 121 Å². The van der Waals surface area contributed by atoms with Crippen molar-refractivity contribution >= 4 is 11.8 Å². The van der Waals surface area contributed by atoms with Crippen molar-refractivity contribution in [1.29, 1.82) is 0 Å². The summed E-state index contributed by atoms with van der Waals surface area (Å²) in [6.07, 6.45) is 0.953. The lowest BCUT2D eigenvalue weighted by molar-refractivity contribution is 0.414. The number of hydrogen-bond donors (Lipinski definition) is 1. The lowest BCUT2D eigenvalue weighted by atomic mass is 10.3. The number of rotatable bonds is 5. The maximum atomic E-state index is 12.1. The van der Waals surface area contributed by atoms with Crippen molar-refractivity contribution < 1.29 is 9.84 Å². The lowest BCUT2D eigenvalue weighted by Crippen LogP contribution is -2.20. The van der Waals surface area contributed by atoms with E-state index in [-0.39, 0.29) is 11.4 Å². The fourth-order valence-electron chi connectivity index (χ4n) is 1.73. The van der Waals surface area contributed by atoms with Crippen LogP contribution >= 0.6 is 11.8 Å². The van der Waals surface area contributed by atoms with E-state index >= 15 is 0 Å². The second-order valence-electron chi connectivity index (χ2n) is 4.12. The van der Waals surface area contributed by atoms with Gasteiger partial charge >= 0.3 is 0 Å². The molecule has 0 aliphatic heterocycles. The van der Waals surface area contributed by atoms with Gasteiger partial charge in [0.15, 0.2) is 5.16 Å². The Balaban J connectivity index is 2.55. The van der Waals surface area contributed by atoms with Gasteiger partial charge in [0.1, 0.15) is 5.75 Å². The van der Waals surface area contributed by atoms with Gasteiger partial charge in [0.25, 0.3) is 5.56 Å². The number of hydrogen-bond acceptors (Lipinski definition) is 5. The highest BCUT2D eigenvalue weighted by molar-refractivity contribution is 7.99. The van der Waals surface area contributed by atoms with E-state index in [2.05, 4.69) is 4.98 Å². The van der Waals surface area contributed by atoms with Crippen LogP contribution in [0.2, 0.25) is 0 Å². The fraction of sp³-hybridized carbons (Fsp3) is 0.286. The van der Waals surface area contributed by atoms with Gasteiger partial charge in [-0.15, -0.1) is 0 Å². The van der Waals surface area contributed by atoms with E-state index in [1.54, 1.807) is 25.3 Å². The predicted octanol–water partition coefficient (Wildman–Crippen LogP) is 2.45. The Hall–Kier alpha value is -1.95. The van der Waals surface area contributed by atoms with Gasteiger partial charge < -0.3 is 9.84 Å². The largest absolute Gasteiger partial charge is 0.497 e. The highest BCUT2D eigenvalue weighted by Crippen LogP contribution is 2.22. The molecule has 2 rings (SSSR count). The summed E-state index contributed by atoms with van der Waals surface area (Å²) in [4.78, 5) is 16.2. The number of benzene rings is 1. The number of methoxy groups -OCH3 is 1. The van der Waals surface area contributed by atoms with Gasteiger partial charge in [-0.2, -0.15) is 4.98 Å². The normalized spacial score (nSPS) is 10.5. The molecule has 20 heavy (non-hydrogen) atoms. The second kappa shape index (κ2) is 6.47. The molecule has 0 atom stereocenters. The third kappa shape index (κ3) is 3.14. The predicted molar refractivity (Wildman–Crippen MR) is 79.1 cm³/mol. The van der Waals surface area contributed by atoms with Crippen LogP contribution in [0.5, 0.6) is 11.6 Å². The van der Waals surface area contributed by atoms with Gasteiger partial charge in [-0.3, -0.25) is 9.36 Å². The first-order valence-corrected chi connectivity index (χ1v) is 7.24. The number of aromatic hydroxyl groups is 1. The standard InChI is InChI=1S/C14H16N2O3S/c1-3-7-20-14-15-12(17)9-13(18)16(14)10-5-4-6-11(8-10)19-2/h4-6,8-9,17H,3,7H2,1-2H3. The average Bonchev–Trinajstić information content (AvgIpc) is 2.44. The number of thioether (sulfide) groups is 1. The fourth-order valence-corrected chi connectivity index (χ4v) is 2.60. The summed E-state index contributed by atoms with van der Waals surface area (Å²) in [7, 11) is 1.57. The summed E-state index contributed by atoms with van der Waals surface area (Å²) in [5.41, 5.74) is 0.352. The van der Waals surface area contributed by atoms with Gasteiger partial charge in [-0.05, 0) is 18.6 Å². The van der Waals surface area contributed by atoms with E-state index in [0.29, 0.717) is 16.6 Å². The van der Waals surface area contributed by atoms with Crippen LogP contribution in [0.15, 0.2) is 40.3 Å². The highest BCUT2D eigenvalue weighted by atomic mass is 32.2. The van der Waals surface area contributed by atoms with Gasteiger partial charge in [-0.25, -0.2) is 0 Å². The highest BCUT2D eigenvalue weighted by Gasteiger charge is 2.11. The van der Waals surface area contributed by atoms with Crippen LogP contribution in [0.3, 0.4) is 0 Å². The minimum atomic E-state index is -0.315. The Morgan fingerprint density at radius 2 is 2.20 bits per heavy atom. The average molecular weight is 292 g/mol. The Kier molecular flexibility index (Phi) is 4.68. The molecular formula is C14H16N2O3S. The Morgan fingerprint density at radius 3 is 2.90 bits per heavy atom. The zero-order valence-corrected chi connectivity index (χ0v) is 12.2. The molecule has 0 fully saturated rings. The smallest absolute Gasteiger partial charge is 0.262 e. The van der Waals surface area contributed by atoms with E-state index in [1.807, 2.05) is 13.0 Å². The monoisotopic (exact) mass is 292 g/mol. The summed E-state index contributed by atoms with van der Waals surface area (Å²) in [5.74, 6) is 1.22. The molecule has 0 saturated carbocycles. The Morgan fingerprint density at radius 1 is 1.40 bits per heavy atom. The van der Waals surface area contributed by atoms with Crippen LogP contribution in [-0.4, -0.2) is 27.5 Å². The minimum absolute atomic E-state index is 0.257. The molecule has 0 aliphatic rings. The molecule has 2 aromatic rings. The SMILES string of the molecule is CCCSc1nc(O)cc(=O)n1-c1cccc(OC)c1. The topological polar surface area (TPSA) is 64.4 Å². The van der Waals surface area contributed by atoms with Crippen molar-refractivity contribution in [2.75, 3.05) is 12.9 Å². The number of aromatic nitrogens is 2. The number of ether oxygens (including phenoxy) is 1. The zero-order valence-electron chi connectivity index (χ0n) is 11.4. The van der Waals surface area contributed by atoms with Crippen LogP contribution in [0, 0.1) is 0 Å². The van der Waals surface area contributed by atoms with Crippen molar-refractivity contribution in [2.45, 2.75) is 18.5 Å². The molecule has 1 aromatic heterocycles. The van der Waals surface area contributed by atoms with Gasteiger partial charge in [0, 0.05) is 11.8 Å². The van der Waals surface area contributed by atoms with Crippen molar-refractivity contribution in [1.82, 2.24) is 9.55 Å². The summed E-state index contributed by atoms with van der Waals surface area (Å²) in [6.45, 7) is 2.05. The maximum absolute atomic E-state index is 12.1. The molecule has 0 unspecified atom stereocenters. The first-order valence-electron chi connectivity index (χ1n) is 6.26. The van der Waals surface area contributed by atoms with E-state index in [4.69, 9.17) is 4.74 Å². The van der Waals surface area contributed by atoms with Crippen molar-refractivity contribution in [3.8, 4) is 17.3 Å². The van der Waals surface area contributed by atoms with Crippen LogP contribution < -0.4 is 10.3 Å². The van der Waals surface area contributed by atoms with E-state index in [1.165, 1.54) is 16.3 Å². The molecule has 0 saturated heterocycles. The first kappa shape index (κ1) is 14.5. The minimum Gasteiger partial charge on any atom is -0.497 e. The Bertz CT molecular complexity index is 655. The molecule has 0 spiro atoms. The summed E-state index contributed by atoms with van der Waals surface area (Å²) < 4.78 is 6.64. The molecule has 0 radical (unpaired) electrons. The molecule has 0 bridgehead atoms. The molecule has 1 aromatic carbocycles.